The highest BCUT2D eigenvalue weighted by molar-refractivity contribution is 7.85. The Bertz CT molecular complexity index is 291. The van der Waals surface area contributed by atoms with E-state index in [9.17, 15) is 13.8 Å². The second-order valence-corrected chi connectivity index (χ2v) is 6.02. The van der Waals surface area contributed by atoms with Crippen LogP contribution < -0.4 is 5.32 Å². The van der Waals surface area contributed by atoms with Gasteiger partial charge in [0, 0.05) is 23.1 Å². The number of amides is 1. The van der Waals surface area contributed by atoms with Crippen molar-refractivity contribution in [1.29, 1.82) is 0 Å². The molecule has 0 aliphatic heterocycles. The number of hydrogen-bond donors (Lipinski definition) is 2. The second-order valence-electron chi connectivity index (χ2n) is 4.52. The van der Waals surface area contributed by atoms with Crippen molar-refractivity contribution in [3.63, 3.8) is 0 Å². The minimum Gasteiger partial charge on any atom is -0.481 e. The number of aliphatic carboxylic acids is 1. The van der Waals surface area contributed by atoms with Gasteiger partial charge in [0.2, 0.25) is 5.91 Å². The Morgan fingerprint density at radius 2 is 1.88 bits per heavy atom. The molecule has 6 heteroatoms. The second kappa shape index (κ2) is 8.22. The molecule has 0 saturated heterocycles. The fraction of sp³-hybridized carbons (Fsp3) is 0.818. The lowest BCUT2D eigenvalue weighted by Crippen LogP contribution is -2.31. The standard InChI is InChI=1S/C11H21NO4S/c1-8(2)4-5-12-10(13)7-17(16)6-9(3)11(14)15/h8-9H,4-7H2,1-3H3,(H,12,13)(H,14,15). The zero-order chi connectivity index (χ0) is 13.4. The Morgan fingerprint density at radius 1 is 1.29 bits per heavy atom. The Morgan fingerprint density at radius 3 is 2.35 bits per heavy atom. The van der Waals surface area contributed by atoms with E-state index >= 15 is 0 Å². The van der Waals surface area contributed by atoms with Gasteiger partial charge in [0.1, 0.15) is 5.75 Å². The van der Waals surface area contributed by atoms with E-state index in [1.165, 1.54) is 6.92 Å². The molecule has 1 amide bonds. The minimum atomic E-state index is -1.41. The van der Waals surface area contributed by atoms with E-state index in [-0.39, 0.29) is 17.4 Å². The van der Waals surface area contributed by atoms with Crippen LogP contribution in [0.5, 0.6) is 0 Å². The van der Waals surface area contributed by atoms with Crippen LogP contribution in [-0.2, 0) is 20.4 Å². The van der Waals surface area contributed by atoms with E-state index in [1.54, 1.807) is 0 Å². The lowest BCUT2D eigenvalue weighted by atomic mass is 10.1. The number of carbonyl (C=O) groups excluding carboxylic acids is 1. The lowest BCUT2D eigenvalue weighted by molar-refractivity contribution is -0.140. The summed E-state index contributed by atoms with van der Waals surface area (Å²) in [6.45, 7) is 6.16. The van der Waals surface area contributed by atoms with E-state index in [0.717, 1.165) is 6.42 Å². The van der Waals surface area contributed by atoms with Gasteiger partial charge in [-0.05, 0) is 12.3 Å². The van der Waals surface area contributed by atoms with Gasteiger partial charge < -0.3 is 10.4 Å². The van der Waals surface area contributed by atoms with Crippen molar-refractivity contribution in [3.8, 4) is 0 Å². The average Bonchev–Trinajstić information content (AvgIpc) is 2.16. The topological polar surface area (TPSA) is 83.5 Å². The maximum atomic E-state index is 11.5. The monoisotopic (exact) mass is 263 g/mol. The number of rotatable bonds is 8. The lowest BCUT2D eigenvalue weighted by Gasteiger charge is -2.08. The first-order valence-electron chi connectivity index (χ1n) is 5.67. The number of nitrogens with one attached hydrogen (secondary N) is 1. The largest absolute Gasteiger partial charge is 0.481 e. The number of carboxylic acids is 1. The van der Waals surface area contributed by atoms with E-state index in [2.05, 4.69) is 19.2 Å². The predicted molar refractivity (Wildman–Crippen MR) is 67.1 cm³/mol. The smallest absolute Gasteiger partial charge is 0.307 e. The van der Waals surface area contributed by atoms with Crippen LogP contribution in [0.3, 0.4) is 0 Å². The molecule has 0 aromatic heterocycles. The third-order valence-electron chi connectivity index (χ3n) is 2.19. The van der Waals surface area contributed by atoms with Gasteiger partial charge in [-0.1, -0.05) is 20.8 Å². The third-order valence-corrected chi connectivity index (χ3v) is 3.65. The van der Waals surface area contributed by atoms with Crippen molar-refractivity contribution in [1.82, 2.24) is 5.32 Å². The molecule has 0 heterocycles. The highest BCUT2D eigenvalue weighted by Crippen LogP contribution is 1.99. The zero-order valence-corrected chi connectivity index (χ0v) is 11.4. The van der Waals surface area contributed by atoms with Crippen molar-refractivity contribution < 1.29 is 18.9 Å². The van der Waals surface area contributed by atoms with Crippen LogP contribution in [0, 0.1) is 11.8 Å². The number of carbonyl (C=O) groups is 2. The summed E-state index contributed by atoms with van der Waals surface area (Å²) in [6, 6.07) is 0. The van der Waals surface area contributed by atoms with Crippen LogP contribution in [0.25, 0.3) is 0 Å². The molecular formula is C11H21NO4S. The summed E-state index contributed by atoms with van der Waals surface area (Å²) in [5.41, 5.74) is 0. The van der Waals surface area contributed by atoms with Gasteiger partial charge in [0.25, 0.3) is 0 Å². The SMILES string of the molecule is CC(C)CCNC(=O)CS(=O)CC(C)C(=O)O. The van der Waals surface area contributed by atoms with E-state index in [4.69, 9.17) is 5.11 Å². The van der Waals surface area contributed by atoms with Crippen molar-refractivity contribution >= 4 is 22.7 Å². The summed E-state index contributed by atoms with van der Waals surface area (Å²) in [7, 11) is -1.41. The molecule has 0 bridgehead atoms. The molecule has 0 aromatic rings. The van der Waals surface area contributed by atoms with Crippen LogP contribution in [-0.4, -0.2) is 39.2 Å². The molecule has 2 unspecified atom stereocenters. The minimum absolute atomic E-state index is 0.0208. The molecule has 2 N–H and O–H groups in total. The van der Waals surface area contributed by atoms with E-state index in [1.807, 2.05) is 0 Å². The van der Waals surface area contributed by atoms with Gasteiger partial charge in [-0.25, -0.2) is 0 Å². The molecular weight excluding hydrogens is 242 g/mol. The van der Waals surface area contributed by atoms with E-state index in [0.29, 0.717) is 12.5 Å². The maximum Gasteiger partial charge on any atom is 0.307 e. The average molecular weight is 263 g/mol. The van der Waals surface area contributed by atoms with Crippen LogP contribution in [0.1, 0.15) is 27.2 Å². The quantitative estimate of drug-likeness (QED) is 0.672. The van der Waals surface area contributed by atoms with Gasteiger partial charge in [-0.3, -0.25) is 13.8 Å². The molecule has 0 spiro atoms. The molecule has 0 fully saturated rings. The summed E-state index contributed by atoms with van der Waals surface area (Å²) in [5, 5.41) is 11.3. The number of carboxylic acid groups (broad SMARTS) is 1. The van der Waals surface area contributed by atoms with Crippen molar-refractivity contribution in [3.05, 3.63) is 0 Å². The van der Waals surface area contributed by atoms with E-state index < -0.39 is 22.7 Å². The van der Waals surface area contributed by atoms with Gasteiger partial charge in [-0.15, -0.1) is 0 Å². The predicted octanol–water partition coefficient (Wildman–Crippen LogP) is 0.618. The summed E-state index contributed by atoms with van der Waals surface area (Å²) in [4.78, 5) is 21.9. The first kappa shape index (κ1) is 16.1. The molecule has 0 radical (unpaired) electrons. The summed E-state index contributed by atoms with van der Waals surface area (Å²) < 4.78 is 11.5. The first-order valence-corrected chi connectivity index (χ1v) is 7.16. The summed E-state index contributed by atoms with van der Waals surface area (Å²) in [6.07, 6.45) is 0.879. The third kappa shape index (κ3) is 8.85. The molecule has 0 aliphatic carbocycles. The van der Waals surface area contributed by atoms with Crippen LogP contribution >= 0.6 is 0 Å². The van der Waals surface area contributed by atoms with Crippen LogP contribution in [0.4, 0.5) is 0 Å². The molecule has 0 aliphatic rings. The van der Waals surface area contributed by atoms with Crippen molar-refractivity contribution in [2.75, 3.05) is 18.1 Å². The van der Waals surface area contributed by atoms with Crippen LogP contribution in [0.15, 0.2) is 0 Å². The Hall–Kier alpha value is -0.910. The van der Waals surface area contributed by atoms with Gasteiger partial charge in [-0.2, -0.15) is 0 Å². The van der Waals surface area contributed by atoms with Crippen molar-refractivity contribution in [2.24, 2.45) is 11.8 Å². The molecule has 2 atom stereocenters. The van der Waals surface area contributed by atoms with Crippen molar-refractivity contribution in [2.45, 2.75) is 27.2 Å². The summed E-state index contributed by atoms with van der Waals surface area (Å²) >= 11 is 0. The Balaban J connectivity index is 3.81. The zero-order valence-electron chi connectivity index (χ0n) is 10.6. The molecule has 17 heavy (non-hydrogen) atoms. The summed E-state index contributed by atoms with van der Waals surface area (Å²) in [5.74, 6) is -1.53. The molecule has 0 aromatic carbocycles. The fourth-order valence-electron chi connectivity index (χ4n) is 1.11. The molecule has 100 valence electrons. The van der Waals surface area contributed by atoms with Gasteiger partial charge >= 0.3 is 5.97 Å². The molecule has 0 saturated carbocycles. The Labute approximate surface area is 104 Å². The van der Waals surface area contributed by atoms with Gasteiger partial charge in [0.05, 0.1) is 5.92 Å². The Kier molecular flexibility index (Phi) is 7.78. The fourth-order valence-corrected chi connectivity index (χ4v) is 2.32. The maximum absolute atomic E-state index is 11.5. The number of hydrogen-bond acceptors (Lipinski definition) is 3. The normalized spacial score (nSPS) is 14.4. The molecule has 5 nitrogen and oxygen atoms in total. The highest BCUT2D eigenvalue weighted by atomic mass is 32.2. The molecule has 0 rings (SSSR count). The first-order chi connectivity index (χ1) is 7.82. The van der Waals surface area contributed by atoms with Crippen LogP contribution in [0.2, 0.25) is 0 Å². The van der Waals surface area contributed by atoms with Gasteiger partial charge in [0.15, 0.2) is 0 Å². The highest BCUT2D eigenvalue weighted by Gasteiger charge is 2.16.